The number of anilines is 1. The summed E-state index contributed by atoms with van der Waals surface area (Å²) in [5.74, 6) is -0.389. The van der Waals surface area contributed by atoms with Crippen LogP contribution in [-0.2, 0) is 0 Å². The van der Waals surface area contributed by atoms with Crippen LogP contribution in [0.4, 0.5) is 5.82 Å². The maximum atomic E-state index is 12.7. The number of amides is 1. The summed E-state index contributed by atoms with van der Waals surface area (Å²) >= 11 is 0. The first-order valence-corrected chi connectivity index (χ1v) is 8.76. The normalized spacial score (nSPS) is 11.1. The van der Waals surface area contributed by atoms with Gasteiger partial charge in [-0.25, -0.2) is 10.1 Å². The SMILES string of the molecule is Cc1ccc(-c2c(C(=O)NN=Cc3cccc(O)c3)nnn2-c2nonc2N)cc1. The third-order valence-corrected chi connectivity index (χ3v) is 4.16. The smallest absolute Gasteiger partial charge is 0.294 e. The standard InChI is InChI=1S/C19H16N8O3/c1-11-5-7-13(8-6-11)16-15(22-26-27(16)18-17(20)24-30-25-18)19(29)23-21-10-12-3-2-4-14(28)9-12/h2-10,28H,1H3,(H2,20,24)(H,23,29). The number of aromatic nitrogens is 5. The monoisotopic (exact) mass is 404 g/mol. The van der Waals surface area contributed by atoms with Crippen molar-refractivity contribution in [1.82, 2.24) is 30.7 Å². The average molecular weight is 404 g/mol. The van der Waals surface area contributed by atoms with Gasteiger partial charge in [-0.2, -0.15) is 9.78 Å². The van der Waals surface area contributed by atoms with Gasteiger partial charge >= 0.3 is 0 Å². The van der Waals surface area contributed by atoms with Crippen molar-refractivity contribution in [3.8, 4) is 22.8 Å². The number of carbonyl (C=O) groups is 1. The van der Waals surface area contributed by atoms with Gasteiger partial charge in [0.2, 0.25) is 11.6 Å². The minimum atomic E-state index is -0.594. The van der Waals surface area contributed by atoms with Crippen LogP contribution in [0.5, 0.6) is 5.75 Å². The first-order chi connectivity index (χ1) is 14.5. The Balaban J connectivity index is 1.69. The Bertz CT molecular complexity index is 1230. The molecule has 4 rings (SSSR count). The number of nitrogen functional groups attached to an aromatic ring is 1. The van der Waals surface area contributed by atoms with Crippen molar-refractivity contribution >= 4 is 17.9 Å². The maximum Gasteiger partial charge on any atom is 0.294 e. The van der Waals surface area contributed by atoms with E-state index in [0.29, 0.717) is 16.8 Å². The number of hydrazone groups is 1. The topological polar surface area (TPSA) is 157 Å². The molecule has 30 heavy (non-hydrogen) atoms. The van der Waals surface area contributed by atoms with Gasteiger partial charge in [0.1, 0.15) is 11.4 Å². The van der Waals surface area contributed by atoms with Gasteiger partial charge < -0.3 is 10.8 Å². The lowest BCUT2D eigenvalue weighted by Crippen LogP contribution is -2.19. The molecule has 150 valence electrons. The van der Waals surface area contributed by atoms with Crippen LogP contribution < -0.4 is 11.2 Å². The highest BCUT2D eigenvalue weighted by atomic mass is 16.6. The lowest BCUT2D eigenvalue weighted by molar-refractivity contribution is 0.0950. The van der Waals surface area contributed by atoms with Crippen LogP contribution in [0.15, 0.2) is 58.3 Å². The number of benzene rings is 2. The minimum Gasteiger partial charge on any atom is -0.508 e. The third kappa shape index (κ3) is 3.71. The van der Waals surface area contributed by atoms with E-state index in [4.69, 9.17) is 5.73 Å². The molecule has 0 spiro atoms. The van der Waals surface area contributed by atoms with Gasteiger partial charge in [0.25, 0.3) is 5.91 Å². The largest absolute Gasteiger partial charge is 0.508 e. The van der Waals surface area contributed by atoms with Crippen LogP contribution in [0.2, 0.25) is 0 Å². The van der Waals surface area contributed by atoms with Crippen molar-refractivity contribution in [3.63, 3.8) is 0 Å². The zero-order valence-electron chi connectivity index (χ0n) is 15.7. The number of aromatic hydroxyl groups is 1. The lowest BCUT2D eigenvalue weighted by atomic mass is 10.1. The predicted molar refractivity (Wildman–Crippen MR) is 107 cm³/mol. The summed E-state index contributed by atoms with van der Waals surface area (Å²) in [5, 5.41) is 28.7. The van der Waals surface area contributed by atoms with E-state index in [0.717, 1.165) is 5.56 Å². The van der Waals surface area contributed by atoms with Crippen LogP contribution in [-0.4, -0.2) is 42.5 Å². The van der Waals surface area contributed by atoms with Gasteiger partial charge in [-0.15, -0.1) is 5.10 Å². The summed E-state index contributed by atoms with van der Waals surface area (Å²) in [5.41, 5.74) is 10.9. The summed E-state index contributed by atoms with van der Waals surface area (Å²) in [6.45, 7) is 1.95. The molecule has 0 aliphatic carbocycles. The molecule has 0 aliphatic heterocycles. The Kier molecular flexibility index (Phi) is 4.91. The first kappa shape index (κ1) is 18.8. The molecule has 0 fully saturated rings. The molecule has 11 nitrogen and oxygen atoms in total. The van der Waals surface area contributed by atoms with Crippen molar-refractivity contribution in [1.29, 1.82) is 0 Å². The fraction of sp³-hybridized carbons (Fsp3) is 0.0526. The second-order valence-electron chi connectivity index (χ2n) is 6.33. The van der Waals surface area contributed by atoms with E-state index in [2.05, 4.69) is 35.8 Å². The molecule has 4 N–H and O–H groups in total. The number of aryl methyl sites for hydroxylation is 1. The molecule has 0 aliphatic rings. The van der Waals surface area contributed by atoms with Crippen LogP contribution >= 0.6 is 0 Å². The molecule has 0 saturated heterocycles. The molecule has 1 amide bonds. The van der Waals surface area contributed by atoms with Gasteiger partial charge in [0.05, 0.1) is 6.21 Å². The zero-order chi connectivity index (χ0) is 21.1. The quantitative estimate of drug-likeness (QED) is 0.335. The molecule has 11 heteroatoms. The van der Waals surface area contributed by atoms with E-state index >= 15 is 0 Å². The highest BCUT2D eigenvalue weighted by Gasteiger charge is 2.25. The molecular formula is C19H16N8O3. The van der Waals surface area contributed by atoms with Gasteiger partial charge in [-0.3, -0.25) is 4.79 Å². The number of phenols is 1. The average Bonchev–Trinajstić information content (AvgIpc) is 3.34. The first-order valence-electron chi connectivity index (χ1n) is 8.76. The van der Waals surface area contributed by atoms with Gasteiger partial charge in [0.15, 0.2) is 5.69 Å². The van der Waals surface area contributed by atoms with Crippen LogP contribution in [0.25, 0.3) is 17.1 Å². The molecule has 0 bridgehead atoms. The molecule has 0 saturated carbocycles. The number of carbonyl (C=O) groups excluding carboxylic acids is 1. The summed E-state index contributed by atoms with van der Waals surface area (Å²) < 4.78 is 5.93. The van der Waals surface area contributed by atoms with Crippen LogP contribution in [0, 0.1) is 6.92 Å². The van der Waals surface area contributed by atoms with E-state index in [1.165, 1.54) is 23.0 Å². The molecule has 4 aromatic rings. The Hall–Kier alpha value is -4.54. The molecule has 2 heterocycles. The summed E-state index contributed by atoms with van der Waals surface area (Å²) in [6, 6.07) is 13.8. The number of nitrogens with two attached hydrogens (primary N) is 1. The predicted octanol–water partition coefficient (Wildman–Crippen LogP) is 1.68. The Morgan fingerprint density at radius 1 is 1.23 bits per heavy atom. The van der Waals surface area contributed by atoms with Gasteiger partial charge in [-0.05, 0) is 34.9 Å². The summed E-state index contributed by atoms with van der Waals surface area (Å²) in [6.07, 6.45) is 1.40. The molecule has 0 atom stereocenters. The lowest BCUT2D eigenvalue weighted by Gasteiger charge is -2.06. The summed E-state index contributed by atoms with van der Waals surface area (Å²) in [7, 11) is 0. The maximum absolute atomic E-state index is 12.7. The Labute approximate surface area is 169 Å². The number of nitrogens with one attached hydrogen (secondary N) is 1. The van der Waals surface area contributed by atoms with Crippen LogP contribution in [0.3, 0.4) is 0 Å². The Morgan fingerprint density at radius 3 is 2.73 bits per heavy atom. The number of rotatable bonds is 5. The second kappa shape index (κ2) is 7.83. The van der Waals surface area contributed by atoms with E-state index in [-0.39, 0.29) is 23.1 Å². The summed E-state index contributed by atoms with van der Waals surface area (Å²) in [4.78, 5) is 12.7. The van der Waals surface area contributed by atoms with E-state index < -0.39 is 5.91 Å². The highest BCUT2D eigenvalue weighted by molar-refractivity contribution is 5.98. The third-order valence-electron chi connectivity index (χ3n) is 4.16. The second-order valence-corrected chi connectivity index (χ2v) is 6.33. The van der Waals surface area contributed by atoms with Crippen molar-refractivity contribution < 1.29 is 14.5 Å². The molecule has 2 aromatic heterocycles. The number of hydrogen-bond donors (Lipinski definition) is 3. The highest BCUT2D eigenvalue weighted by Crippen LogP contribution is 2.26. The minimum absolute atomic E-state index is 0.00197. The fourth-order valence-corrected chi connectivity index (χ4v) is 2.71. The van der Waals surface area contributed by atoms with Crippen molar-refractivity contribution in [2.24, 2.45) is 5.10 Å². The fourth-order valence-electron chi connectivity index (χ4n) is 2.71. The van der Waals surface area contributed by atoms with Crippen molar-refractivity contribution in [3.05, 3.63) is 65.4 Å². The number of nitrogens with zero attached hydrogens (tertiary/aromatic N) is 6. The van der Waals surface area contributed by atoms with E-state index in [9.17, 15) is 9.90 Å². The van der Waals surface area contributed by atoms with Crippen molar-refractivity contribution in [2.45, 2.75) is 6.92 Å². The number of hydrogen-bond acceptors (Lipinski definition) is 9. The van der Waals surface area contributed by atoms with E-state index in [1.54, 1.807) is 12.1 Å². The molecular weight excluding hydrogens is 388 g/mol. The van der Waals surface area contributed by atoms with Crippen molar-refractivity contribution in [2.75, 3.05) is 5.73 Å². The van der Waals surface area contributed by atoms with E-state index in [1.807, 2.05) is 31.2 Å². The van der Waals surface area contributed by atoms with Gasteiger partial charge in [0, 0.05) is 5.56 Å². The molecule has 0 radical (unpaired) electrons. The number of phenolic OH excluding ortho intramolecular Hbond substituents is 1. The zero-order valence-corrected chi connectivity index (χ0v) is 15.7. The Morgan fingerprint density at radius 2 is 2.03 bits per heavy atom. The molecule has 0 unspecified atom stereocenters. The van der Waals surface area contributed by atoms with Crippen LogP contribution in [0.1, 0.15) is 21.6 Å². The van der Waals surface area contributed by atoms with Gasteiger partial charge in [-0.1, -0.05) is 47.2 Å². The molecule has 2 aromatic carbocycles.